The first-order chi connectivity index (χ1) is 13.9. The van der Waals surface area contributed by atoms with E-state index in [0.717, 1.165) is 4.90 Å². The van der Waals surface area contributed by atoms with Crippen molar-refractivity contribution in [3.05, 3.63) is 60.7 Å². The number of fused-ring (bicyclic) bond motifs is 1. The van der Waals surface area contributed by atoms with Crippen molar-refractivity contribution < 1.29 is 22.7 Å². The molecule has 29 heavy (non-hydrogen) atoms. The molecule has 0 radical (unpaired) electrons. The Balaban J connectivity index is 1.50. The number of nitrogens with one attached hydrogen (secondary N) is 2. The minimum atomic E-state index is -3.41. The van der Waals surface area contributed by atoms with Gasteiger partial charge in [0, 0.05) is 17.1 Å². The van der Waals surface area contributed by atoms with Gasteiger partial charge in [-0.3, -0.25) is 4.79 Å². The molecule has 1 aliphatic heterocycles. The molecule has 0 aliphatic carbocycles. The Labute approximate surface area is 174 Å². The second-order valence-corrected chi connectivity index (χ2v) is 9.09. The summed E-state index contributed by atoms with van der Waals surface area (Å²) in [5.74, 6) is 1.36. The number of rotatable bonds is 9. The SMILES string of the molecule is C=CCNS(=O)(=O)Cc1ccc(NC(=O)CSc2ccc3c(c2)OCCO3)cc1. The fourth-order valence-corrected chi connectivity index (χ4v) is 4.43. The Kier molecular flexibility index (Phi) is 7.18. The maximum Gasteiger partial charge on any atom is 0.234 e. The highest BCUT2D eigenvalue weighted by Gasteiger charge is 2.13. The molecule has 0 atom stereocenters. The van der Waals surface area contributed by atoms with Gasteiger partial charge in [-0.25, -0.2) is 13.1 Å². The molecule has 1 amide bonds. The van der Waals surface area contributed by atoms with Crippen molar-refractivity contribution in [1.29, 1.82) is 0 Å². The molecule has 0 fully saturated rings. The first-order valence-corrected chi connectivity index (χ1v) is 11.6. The molecule has 2 aromatic rings. The maximum absolute atomic E-state index is 12.2. The standard InChI is InChI=1S/C20H22N2O5S2/c1-2-9-21-29(24,25)14-15-3-5-16(6-4-15)22-20(23)13-28-17-7-8-18-19(12-17)27-11-10-26-18/h2-8,12,21H,1,9-11,13-14H2,(H,22,23). The van der Waals surface area contributed by atoms with E-state index in [1.807, 2.05) is 18.2 Å². The molecule has 3 rings (SSSR count). The normalized spacial score (nSPS) is 13.0. The number of thioether (sulfide) groups is 1. The van der Waals surface area contributed by atoms with Crippen LogP contribution in [0.25, 0.3) is 0 Å². The highest BCUT2D eigenvalue weighted by Crippen LogP contribution is 2.34. The number of anilines is 1. The molecule has 0 bridgehead atoms. The topological polar surface area (TPSA) is 93.7 Å². The van der Waals surface area contributed by atoms with E-state index in [-0.39, 0.29) is 24.0 Å². The Morgan fingerprint density at radius 1 is 1.10 bits per heavy atom. The highest BCUT2D eigenvalue weighted by molar-refractivity contribution is 8.00. The quantitative estimate of drug-likeness (QED) is 0.466. The summed E-state index contributed by atoms with van der Waals surface area (Å²) in [6.45, 7) is 4.73. The molecule has 1 aliphatic rings. The van der Waals surface area contributed by atoms with Crippen LogP contribution in [0.15, 0.2) is 60.0 Å². The van der Waals surface area contributed by atoms with Crippen LogP contribution in [-0.2, 0) is 20.6 Å². The third kappa shape index (κ3) is 6.52. The van der Waals surface area contributed by atoms with Crippen LogP contribution in [0.2, 0.25) is 0 Å². The molecule has 0 saturated carbocycles. The van der Waals surface area contributed by atoms with Crippen LogP contribution < -0.4 is 19.5 Å². The molecule has 0 spiro atoms. The van der Waals surface area contributed by atoms with Gasteiger partial charge in [-0.15, -0.1) is 18.3 Å². The first kappa shape index (κ1) is 21.2. The lowest BCUT2D eigenvalue weighted by Crippen LogP contribution is -2.25. The number of sulfonamides is 1. The van der Waals surface area contributed by atoms with Gasteiger partial charge in [-0.05, 0) is 35.9 Å². The van der Waals surface area contributed by atoms with Crippen molar-refractivity contribution in [3.8, 4) is 11.5 Å². The number of hydrogen-bond acceptors (Lipinski definition) is 6. The van der Waals surface area contributed by atoms with Crippen LogP contribution in [0.4, 0.5) is 5.69 Å². The molecule has 0 aromatic heterocycles. The summed E-state index contributed by atoms with van der Waals surface area (Å²) in [7, 11) is -3.41. The molecular formula is C20H22N2O5S2. The van der Waals surface area contributed by atoms with Gasteiger partial charge in [0.05, 0.1) is 11.5 Å². The van der Waals surface area contributed by atoms with Crippen LogP contribution in [-0.4, -0.2) is 39.8 Å². The van der Waals surface area contributed by atoms with Gasteiger partial charge in [0.2, 0.25) is 15.9 Å². The third-order valence-electron chi connectivity index (χ3n) is 3.93. The van der Waals surface area contributed by atoms with Crippen molar-refractivity contribution in [1.82, 2.24) is 4.72 Å². The van der Waals surface area contributed by atoms with Gasteiger partial charge >= 0.3 is 0 Å². The van der Waals surface area contributed by atoms with Gasteiger partial charge in [0.25, 0.3) is 0 Å². The minimum Gasteiger partial charge on any atom is -0.486 e. The van der Waals surface area contributed by atoms with E-state index >= 15 is 0 Å². The zero-order valence-electron chi connectivity index (χ0n) is 15.7. The fraction of sp³-hybridized carbons (Fsp3) is 0.250. The predicted molar refractivity (Wildman–Crippen MR) is 114 cm³/mol. The molecule has 2 N–H and O–H groups in total. The second-order valence-electron chi connectivity index (χ2n) is 6.24. The summed E-state index contributed by atoms with van der Waals surface area (Å²) >= 11 is 1.40. The number of carbonyl (C=O) groups excluding carboxylic acids is 1. The van der Waals surface area contributed by atoms with Crippen LogP contribution in [0.1, 0.15) is 5.56 Å². The maximum atomic E-state index is 12.2. The van der Waals surface area contributed by atoms with Crippen molar-refractivity contribution in [3.63, 3.8) is 0 Å². The van der Waals surface area contributed by atoms with Gasteiger partial charge in [-0.2, -0.15) is 0 Å². The average molecular weight is 435 g/mol. The molecule has 9 heteroatoms. The molecule has 154 valence electrons. The molecular weight excluding hydrogens is 412 g/mol. The summed E-state index contributed by atoms with van der Waals surface area (Å²) in [4.78, 5) is 13.1. The zero-order valence-corrected chi connectivity index (χ0v) is 17.4. The van der Waals surface area contributed by atoms with E-state index in [1.54, 1.807) is 24.3 Å². The Morgan fingerprint density at radius 3 is 2.55 bits per heavy atom. The lowest BCUT2D eigenvalue weighted by molar-refractivity contribution is -0.113. The van der Waals surface area contributed by atoms with Crippen LogP contribution >= 0.6 is 11.8 Å². The van der Waals surface area contributed by atoms with Crippen LogP contribution in [0.5, 0.6) is 11.5 Å². The van der Waals surface area contributed by atoms with E-state index in [1.165, 1.54) is 17.8 Å². The number of hydrogen-bond donors (Lipinski definition) is 2. The Morgan fingerprint density at radius 2 is 1.83 bits per heavy atom. The van der Waals surface area contributed by atoms with Gasteiger partial charge < -0.3 is 14.8 Å². The number of amides is 1. The number of benzene rings is 2. The van der Waals surface area contributed by atoms with E-state index in [9.17, 15) is 13.2 Å². The van der Waals surface area contributed by atoms with Crippen LogP contribution in [0, 0.1) is 0 Å². The van der Waals surface area contributed by atoms with E-state index in [4.69, 9.17) is 9.47 Å². The van der Waals surface area contributed by atoms with Gasteiger partial charge in [0.15, 0.2) is 11.5 Å². The van der Waals surface area contributed by atoms with Crippen LogP contribution in [0.3, 0.4) is 0 Å². The predicted octanol–water partition coefficient (Wildman–Crippen LogP) is 2.79. The van der Waals surface area contributed by atoms with E-state index < -0.39 is 10.0 Å². The largest absolute Gasteiger partial charge is 0.486 e. The second kappa shape index (κ2) is 9.82. The lowest BCUT2D eigenvalue weighted by atomic mass is 10.2. The molecule has 0 unspecified atom stereocenters. The first-order valence-electron chi connectivity index (χ1n) is 8.95. The molecule has 7 nitrogen and oxygen atoms in total. The Hall–Kier alpha value is -2.49. The summed E-state index contributed by atoms with van der Waals surface area (Å²) in [5.41, 5.74) is 1.24. The lowest BCUT2D eigenvalue weighted by Gasteiger charge is -2.18. The van der Waals surface area contributed by atoms with E-state index in [0.29, 0.717) is 36.0 Å². The smallest absolute Gasteiger partial charge is 0.234 e. The molecule has 1 heterocycles. The minimum absolute atomic E-state index is 0.130. The van der Waals surface area contributed by atoms with Gasteiger partial charge in [0.1, 0.15) is 13.2 Å². The fourth-order valence-electron chi connectivity index (χ4n) is 2.60. The average Bonchev–Trinajstić information content (AvgIpc) is 2.72. The molecule has 2 aromatic carbocycles. The Bertz CT molecular complexity index is 975. The highest BCUT2D eigenvalue weighted by atomic mass is 32.2. The van der Waals surface area contributed by atoms with Gasteiger partial charge in [-0.1, -0.05) is 18.2 Å². The number of ether oxygens (including phenoxy) is 2. The van der Waals surface area contributed by atoms with Crippen molar-refractivity contribution in [2.45, 2.75) is 10.6 Å². The summed E-state index contributed by atoms with van der Waals surface area (Å²) in [5, 5.41) is 2.80. The number of carbonyl (C=O) groups is 1. The zero-order chi connectivity index (χ0) is 20.7. The monoisotopic (exact) mass is 434 g/mol. The van der Waals surface area contributed by atoms with E-state index in [2.05, 4.69) is 16.6 Å². The van der Waals surface area contributed by atoms with Crippen molar-refractivity contribution >= 4 is 33.4 Å². The summed E-state index contributed by atoms with van der Waals surface area (Å²) in [6, 6.07) is 12.3. The van der Waals surface area contributed by atoms with Crippen molar-refractivity contribution in [2.75, 3.05) is 30.8 Å². The summed E-state index contributed by atoms with van der Waals surface area (Å²) in [6.07, 6.45) is 1.49. The third-order valence-corrected chi connectivity index (χ3v) is 6.24. The summed E-state index contributed by atoms with van der Waals surface area (Å²) < 4.78 is 37.2. The van der Waals surface area contributed by atoms with Crippen molar-refractivity contribution in [2.24, 2.45) is 0 Å². The molecule has 0 saturated heterocycles.